The van der Waals surface area contributed by atoms with Crippen molar-refractivity contribution in [1.29, 1.82) is 0 Å². The Kier molecular flexibility index (Phi) is 3.86. The van der Waals surface area contributed by atoms with Crippen LogP contribution < -0.4 is 0 Å². The van der Waals surface area contributed by atoms with Gasteiger partial charge in [-0.1, -0.05) is 4.85 Å². The standard InChI is InChI=1S/C2H3N3O.K/c6-5-2-1-3-4-5;/h1-2,6H;. The van der Waals surface area contributed by atoms with E-state index in [1.54, 1.807) is 0 Å². The van der Waals surface area contributed by atoms with Gasteiger partial charge in [0.1, 0.15) is 0 Å². The van der Waals surface area contributed by atoms with Crippen molar-refractivity contribution in [1.82, 2.24) is 15.2 Å². The molecule has 0 unspecified atom stereocenters. The molecule has 1 radical (unpaired) electrons. The Bertz CT molecular complexity index is 116. The summed E-state index contributed by atoms with van der Waals surface area (Å²) in [6.07, 6.45) is 2.72. The van der Waals surface area contributed by atoms with E-state index in [1.807, 2.05) is 0 Å². The molecule has 1 rings (SSSR count). The molecule has 0 spiro atoms. The molecule has 0 bridgehead atoms. The second kappa shape index (κ2) is 3.56. The van der Waals surface area contributed by atoms with Gasteiger partial charge in [0.15, 0.2) is 0 Å². The summed E-state index contributed by atoms with van der Waals surface area (Å²) < 4.78 is 0. The van der Waals surface area contributed by atoms with E-state index in [0.717, 1.165) is 0 Å². The maximum absolute atomic E-state index is 8.22. The monoisotopic (exact) mass is 124 g/mol. The quantitative estimate of drug-likeness (QED) is 0.361. The third-order valence-corrected chi connectivity index (χ3v) is 0.410. The molecule has 0 aromatic carbocycles. The molecule has 0 aliphatic rings. The van der Waals surface area contributed by atoms with Crippen LogP contribution >= 0.6 is 0 Å². The molecule has 33 valence electrons. The molecule has 0 fully saturated rings. The summed E-state index contributed by atoms with van der Waals surface area (Å²) in [5.41, 5.74) is 0. The average Bonchev–Trinajstić information content (AvgIpc) is 1.86. The van der Waals surface area contributed by atoms with Crippen molar-refractivity contribution in [3.05, 3.63) is 12.4 Å². The van der Waals surface area contributed by atoms with Gasteiger partial charge in [-0.15, -0.1) is 5.10 Å². The zero-order valence-electron chi connectivity index (χ0n) is 3.94. The molecule has 0 atom stereocenters. The zero-order chi connectivity index (χ0) is 4.41. The minimum Gasteiger partial charge on any atom is -0.411 e. The maximum Gasteiger partial charge on any atom is 0.0868 e. The Morgan fingerprint density at radius 3 is 2.43 bits per heavy atom. The Hall–Kier alpha value is 0.576. The van der Waals surface area contributed by atoms with E-state index < -0.39 is 0 Å². The van der Waals surface area contributed by atoms with Crippen LogP contribution in [0.4, 0.5) is 0 Å². The minimum absolute atomic E-state index is 0. The Morgan fingerprint density at radius 1 is 1.57 bits per heavy atom. The fourth-order valence-electron chi connectivity index (χ4n) is 0.202. The molecule has 0 saturated carbocycles. The Labute approximate surface area is 82.9 Å². The van der Waals surface area contributed by atoms with E-state index in [2.05, 4.69) is 10.3 Å². The summed E-state index contributed by atoms with van der Waals surface area (Å²) in [5, 5.41) is 14.6. The molecule has 7 heavy (non-hydrogen) atoms. The van der Waals surface area contributed by atoms with Crippen molar-refractivity contribution in [2.75, 3.05) is 0 Å². The van der Waals surface area contributed by atoms with Crippen molar-refractivity contribution in [3.63, 3.8) is 0 Å². The topological polar surface area (TPSA) is 50.9 Å². The summed E-state index contributed by atoms with van der Waals surface area (Å²) in [6, 6.07) is 0. The van der Waals surface area contributed by atoms with Crippen LogP contribution in [0.25, 0.3) is 0 Å². The van der Waals surface area contributed by atoms with Crippen LogP contribution in [0.1, 0.15) is 0 Å². The van der Waals surface area contributed by atoms with Crippen molar-refractivity contribution in [2.45, 2.75) is 0 Å². The predicted molar refractivity (Wildman–Crippen MR) is 23.0 cm³/mol. The second-order valence-corrected chi connectivity index (χ2v) is 0.823. The third-order valence-electron chi connectivity index (χ3n) is 0.410. The predicted octanol–water partition coefficient (Wildman–Crippen LogP) is -0.865. The number of rotatable bonds is 0. The first-order valence-corrected chi connectivity index (χ1v) is 1.45. The SMILES string of the molecule is On1ccnn1.[K]. The van der Waals surface area contributed by atoms with E-state index in [9.17, 15) is 0 Å². The molecular weight excluding hydrogens is 121 g/mol. The van der Waals surface area contributed by atoms with Gasteiger partial charge in [-0.25, -0.2) is 0 Å². The van der Waals surface area contributed by atoms with E-state index in [1.165, 1.54) is 12.4 Å². The summed E-state index contributed by atoms with van der Waals surface area (Å²) in [5.74, 6) is 0. The van der Waals surface area contributed by atoms with Gasteiger partial charge >= 0.3 is 0 Å². The number of nitrogens with zero attached hydrogens (tertiary/aromatic N) is 3. The van der Waals surface area contributed by atoms with Crippen LogP contribution in [-0.4, -0.2) is 71.7 Å². The summed E-state index contributed by atoms with van der Waals surface area (Å²) >= 11 is 0. The first-order chi connectivity index (χ1) is 2.89. The Balaban J connectivity index is 0.000000360. The summed E-state index contributed by atoms with van der Waals surface area (Å²) in [6.45, 7) is 0. The van der Waals surface area contributed by atoms with Crippen LogP contribution in [0.15, 0.2) is 12.4 Å². The van der Waals surface area contributed by atoms with Crippen LogP contribution in [0.5, 0.6) is 0 Å². The molecule has 1 aromatic rings. The number of hydrogen-bond acceptors (Lipinski definition) is 3. The van der Waals surface area contributed by atoms with Gasteiger partial charge in [0.05, 0.1) is 12.4 Å². The largest absolute Gasteiger partial charge is 0.411 e. The molecule has 0 saturated heterocycles. The van der Waals surface area contributed by atoms with Crippen LogP contribution in [-0.2, 0) is 0 Å². The molecule has 0 aliphatic carbocycles. The van der Waals surface area contributed by atoms with Crippen molar-refractivity contribution in [2.24, 2.45) is 0 Å². The summed E-state index contributed by atoms with van der Waals surface area (Å²) in [4.78, 5) is 0.639. The summed E-state index contributed by atoms with van der Waals surface area (Å²) in [7, 11) is 0. The van der Waals surface area contributed by atoms with Crippen LogP contribution in [0, 0.1) is 0 Å². The molecule has 1 heterocycles. The van der Waals surface area contributed by atoms with Crippen LogP contribution in [0.2, 0.25) is 0 Å². The van der Waals surface area contributed by atoms with Gasteiger partial charge < -0.3 is 5.21 Å². The van der Waals surface area contributed by atoms with E-state index in [0.29, 0.717) is 4.85 Å². The molecule has 4 nitrogen and oxygen atoms in total. The van der Waals surface area contributed by atoms with Gasteiger partial charge in [-0.05, 0) is 5.21 Å². The van der Waals surface area contributed by atoms with Crippen molar-refractivity contribution < 1.29 is 5.21 Å². The van der Waals surface area contributed by atoms with Gasteiger partial charge in [0.25, 0.3) is 0 Å². The molecule has 5 heteroatoms. The van der Waals surface area contributed by atoms with Gasteiger partial charge in [-0.3, -0.25) is 0 Å². The first-order valence-electron chi connectivity index (χ1n) is 1.45. The molecule has 1 aromatic heterocycles. The second-order valence-electron chi connectivity index (χ2n) is 0.823. The molecular formula is C2H3KN3O. The van der Waals surface area contributed by atoms with E-state index >= 15 is 0 Å². The maximum atomic E-state index is 8.22. The van der Waals surface area contributed by atoms with E-state index in [-0.39, 0.29) is 51.4 Å². The number of hydrogen-bond donors (Lipinski definition) is 1. The van der Waals surface area contributed by atoms with Gasteiger partial charge in [0.2, 0.25) is 0 Å². The number of aromatic nitrogens is 3. The van der Waals surface area contributed by atoms with Crippen molar-refractivity contribution >= 4 is 51.4 Å². The zero-order valence-corrected chi connectivity index (χ0v) is 7.07. The van der Waals surface area contributed by atoms with Gasteiger partial charge in [0, 0.05) is 51.4 Å². The molecule has 0 amide bonds. The van der Waals surface area contributed by atoms with Crippen molar-refractivity contribution in [3.8, 4) is 0 Å². The Morgan fingerprint density at radius 2 is 2.29 bits per heavy atom. The normalized spacial score (nSPS) is 7.43. The fourth-order valence-corrected chi connectivity index (χ4v) is 0.202. The minimum atomic E-state index is 0. The smallest absolute Gasteiger partial charge is 0.0868 e. The molecule has 1 N–H and O–H groups in total. The first kappa shape index (κ1) is 7.58. The fraction of sp³-hybridized carbons (Fsp3) is 0. The van der Waals surface area contributed by atoms with Crippen LogP contribution in [0.3, 0.4) is 0 Å². The molecule has 0 aliphatic heterocycles. The third kappa shape index (κ3) is 2.40. The average molecular weight is 124 g/mol. The van der Waals surface area contributed by atoms with E-state index in [4.69, 9.17) is 5.21 Å². The van der Waals surface area contributed by atoms with Gasteiger partial charge in [-0.2, -0.15) is 0 Å².